The summed E-state index contributed by atoms with van der Waals surface area (Å²) in [6.07, 6.45) is 1.80. The van der Waals surface area contributed by atoms with Crippen molar-refractivity contribution >= 4 is 38.7 Å². The van der Waals surface area contributed by atoms with E-state index in [9.17, 15) is 0 Å². The van der Waals surface area contributed by atoms with Crippen molar-refractivity contribution in [3.8, 4) is 5.69 Å². The molecular formula is C15H13BrClN3. The zero-order valence-corrected chi connectivity index (χ0v) is 13.5. The van der Waals surface area contributed by atoms with Crippen molar-refractivity contribution < 1.29 is 0 Å². The van der Waals surface area contributed by atoms with Crippen molar-refractivity contribution in [1.29, 1.82) is 0 Å². The maximum atomic E-state index is 6.07. The van der Waals surface area contributed by atoms with E-state index in [1.807, 2.05) is 23.6 Å². The molecule has 0 atom stereocenters. The van der Waals surface area contributed by atoms with E-state index >= 15 is 0 Å². The monoisotopic (exact) mass is 349 g/mol. The second kappa shape index (κ2) is 5.19. The molecule has 0 fully saturated rings. The molecule has 102 valence electrons. The highest BCUT2D eigenvalue weighted by Gasteiger charge is 2.16. The Morgan fingerprint density at radius 2 is 2.05 bits per heavy atom. The molecule has 2 heterocycles. The number of rotatable bonds is 2. The van der Waals surface area contributed by atoms with Crippen LogP contribution in [0.25, 0.3) is 16.9 Å². The smallest absolute Gasteiger partial charge is 0.165 e. The zero-order valence-electron chi connectivity index (χ0n) is 11.2. The minimum atomic E-state index is 0.343. The number of hydrogen-bond acceptors (Lipinski definition) is 2. The molecule has 0 N–H and O–H groups in total. The summed E-state index contributed by atoms with van der Waals surface area (Å²) in [6, 6.07) is 8.16. The first-order valence-electron chi connectivity index (χ1n) is 6.27. The van der Waals surface area contributed by atoms with Crippen LogP contribution in [0.15, 0.2) is 34.9 Å². The fourth-order valence-electron chi connectivity index (χ4n) is 2.28. The van der Waals surface area contributed by atoms with Gasteiger partial charge < -0.3 is 0 Å². The maximum absolute atomic E-state index is 6.07. The summed E-state index contributed by atoms with van der Waals surface area (Å²) in [5.41, 5.74) is 5.03. The van der Waals surface area contributed by atoms with Gasteiger partial charge in [0.2, 0.25) is 0 Å². The van der Waals surface area contributed by atoms with E-state index in [1.165, 1.54) is 5.56 Å². The lowest BCUT2D eigenvalue weighted by atomic mass is 10.2. The predicted molar refractivity (Wildman–Crippen MR) is 85.6 cm³/mol. The second-order valence-corrected chi connectivity index (χ2v) is 5.87. The molecule has 20 heavy (non-hydrogen) atoms. The minimum absolute atomic E-state index is 0.343. The van der Waals surface area contributed by atoms with Gasteiger partial charge in [0.1, 0.15) is 11.3 Å². The highest BCUT2D eigenvalue weighted by molar-refractivity contribution is 9.10. The van der Waals surface area contributed by atoms with Crippen LogP contribution in [0, 0.1) is 13.8 Å². The molecule has 0 spiro atoms. The fraction of sp³-hybridized carbons (Fsp3) is 0.200. The number of fused-ring (bicyclic) bond motifs is 1. The second-order valence-electron chi connectivity index (χ2n) is 4.75. The number of hydrogen-bond donors (Lipinski definition) is 0. The molecule has 3 nitrogen and oxygen atoms in total. The molecule has 0 saturated heterocycles. The third kappa shape index (κ3) is 2.13. The summed E-state index contributed by atoms with van der Waals surface area (Å²) in [7, 11) is 0. The lowest BCUT2D eigenvalue weighted by Gasteiger charge is -2.10. The lowest BCUT2D eigenvalue weighted by molar-refractivity contribution is 0.963. The highest BCUT2D eigenvalue weighted by atomic mass is 79.9. The molecule has 0 aliphatic carbocycles. The molecule has 3 aromatic rings. The molecule has 3 rings (SSSR count). The Morgan fingerprint density at radius 1 is 1.25 bits per heavy atom. The Balaban J connectivity index is 2.40. The summed E-state index contributed by atoms with van der Waals surface area (Å²) in [4.78, 5) is 9.10. The van der Waals surface area contributed by atoms with Crippen LogP contribution in [0.4, 0.5) is 0 Å². The van der Waals surface area contributed by atoms with Gasteiger partial charge in [-0.15, -0.1) is 11.6 Å². The van der Waals surface area contributed by atoms with Gasteiger partial charge in [-0.2, -0.15) is 0 Å². The van der Waals surface area contributed by atoms with Gasteiger partial charge in [-0.05, 0) is 59.1 Å². The average Bonchev–Trinajstić information content (AvgIpc) is 2.81. The third-order valence-electron chi connectivity index (χ3n) is 3.28. The molecule has 0 amide bonds. The van der Waals surface area contributed by atoms with Gasteiger partial charge in [0, 0.05) is 10.7 Å². The van der Waals surface area contributed by atoms with Crippen LogP contribution in [0.2, 0.25) is 0 Å². The van der Waals surface area contributed by atoms with Crippen molar-refractivity contribution in [1.82, 2.24) is 14.5 Å². The van der Waals surface area contributed by atoms with E-state index in [1.54, 1.807) is 6.20 Å². The van der Waals surface area contributed by atoms with E-state index in [-0.39, 0.29) is 0 Å². The Kier molecular flexibility index (Phi) is 3.52. The molecule has 0 aliphatic rings. The first kappa shape index (κ1) is 13.6. The Labute approximate surface area is 130 Å². The number of halogens is 2. The summed E-state index contributed by atoms with van der Waals surface area (Å²) in [5.74, 6) is 1.14. The van der Waals surface area contributed by atoms with Gasteiger partial charge in [-0.3, -0.25) is 4.57 Å². The van der Waals surface area contributed by atoms with Crippen LogP contribution in [0.1, 0.15) is 17.0 Å². The first-order valence-corrected chi connectivity index (χ1v) is 7.60. The molecule has 0 unspecified atom stereocenters. The summed E-state index contributed by atoms with van der Waals surface area (Å²) in [6.45, 7) is 4.10. The highest BCUT2D eigenvalue weighted by Crippen LogP contribution is 2.28. The number of pyridine rings is 1. The first-order chi connectivity index (χ1) is 9.61. The van der Waals surface area contributed by atoms with Gasteiger partial charge in [0.05, 0.1) is 11.6 Å². The van der Waals surface area contributed by atoms with Crippen LogP contribution in [-0.4, -0.2) is 14.5 Å². The summed E-state index contributed by atoms with van der Waals surface area (Å²) in [5, 5.41) is 0. The number of imidazole rings is 1. The van der Waals surface area contributed by atoms with Crippen LogP contribution in [0.5, 0.6) is 0 Å². The van der Waals surface area contributed by atoms with E-state index in [0.717, 1.165) is 32.7 Å². The molecule has 2 aromatic heterocycles. The van der Waals surface area contributed by atoms with Crippen LogP contribution < -0.4 is 0 Å². The largest absolute Gasteiger partial charge is 0.279 e. The van der Waals surface area contributed by atoms with Gasteiger partial charge in [0.25, 0.3) is 0 Å². The molecule has 5 heteroatoms. The Morgan fingerprint density at radius 3 is 2.80 bits per heavy atom. The van der Waals surface area contributed by atoms with Crippen molar-refractivity contribution in [2.75, 3.05) is 0 Å². The maximum Gasteiger partial charge on any atom is 0.165 e. The average molecular weight is 351 g/mol. The molecule has 0 radical (unpaired) electrons. The predicted octanol–water partition coefficient (Wildman–Crippen LogP) is 4.54. The van der Waals surface area contributed by atoms with Crippen molar-refractivity contribution in [3.63, 3.8) is 0 Å². The fourth-order valence-corrected chi connectivity index (χ4v) is 2.88. The Hall–Kier alpha value is -1.39. The molecule has 0 saturated carbocycles. The quantitative estimate of drug-likeness (QED) is 0.635. The van der Waals surface area contributed by atoms with Gasteiger partial charge in [-0.25, -0.2) is 9.97 Å². The summed E-state index contributed by atoms with van der Waals surface area (Å²) >= 11 is 9.67. The topological polar surface area (TPSA) is 30.7 Å². The van der Waals surface area contributed by atoms with E-state index in [0.29, 0.717) is 5.88 Å². The normalized spacial score (nSPS) is 11.2. The molecular weight excluding hydrogens is 338 g/mol. The number of benzene rings is 1. The number of nitrogens with zero attached hydrogens (tertiary/aromatic N) is 3. The van der Waals surface area contributed by atoms with Crippen LogP contribution in [0.3, 0.4) is 0 Å². The molecule has 1 aromatic carbocycles. The van der Waals surface area contributed by atoms with Gasteiger partial charge in [-0.1, -0.05) is 6.07 Å². The third-order valence-corrected chi connectivity index (χ3v) is 4.19. The standard InChI is InChI=1S/C15H13BrClN3/c1-9-3-4-11(16)12(7-9)20-13(8-17)19-14-10(2)5-6-18-15(14)20/h3-7H,8H2,1-2H3. The van der Waals surface area contributed by atoms with Crippen molar-refractivity contribution in [2.24, 2.45) is 0 Å². The SMILES string of the molecule is Cc1ccc(Br)c(-n2c(CCl)nc3c(C)ccnc32)c1. The van der Waals surface area contributed by atoms with Crippen LogP contribution >= 0.6 is 27.5 Å². The molecule has 0 bridgehead atoms. The van der Waals surface area contributed by atoms with Crippen molar-refractivity contribution in [2.45, 2.75) is 19.7 Å². The van der Waals surface area contributed by atoms with Crippen LogP contribution in [-0.2, 0) is 5.88 Å². The lowest BCUT2D eigenvalue weighted by Crippen LogP contribution is -2.01. The van der Waals surface area contributed by atoms with Gasteiger partial charge in [0.15, 0.2) is 5.65 Å². The van der Waals surface area contributed by atoms with Crippen molar-refractivity contribution in [3.05, 3.63) is 51.9 Å². The van der Waals surface area contributed by atoms with Gasteiger partial charge >= 0.3 is 0 Å². The van der Waals surface area contributed by atoms with E-state index < -0.39 is 0 Å². The zero-order chi connectivity index (χ0) is 14.3. The minimum Gasteiger partial charge on any atom is -0.279 e. The molecule has 0 aliphatic heterocycles. The Bertz CT molecular complexity index is 795. The number of aromatic nitrogens is 3. The number of aryl methyl sites for hydroxylation is 2. The van der Waals surface area contributed by atoms with E-state index in [2.05, 4.69) is 45.0 Å². The number of alkyl halides is 1. The van der Waals surface area contributed by atoms with E-state index in [4.69, 9.17) is 11.6 Å². The summed E-state index contributed by atoms with van der Waals surface area (Å²) < 4.78 is 3.02.